The lowest BCUT2D eigenvalue weighted by atomic mass is 10.1. The molecule has 5 nitrogen and oxygen atoms in total. The minimum atomic E-state index is 0.601. The second-order valence-corrected chi connectivity index (χ2v) is 5.26. The lowest BCUT2D eigenvalue weighted by molar-refractivity contribution is 1.02. The molecule has 0 radical (unpaired) electrons. The van der Waals surface area contributed by atoms with Gasteiger partial charge in [-0.2, -0.15) is 4.98 Å². The van der Waals surface area contributed by atoms with Crippen LogP contribution in [0.5, 0.6) is 0 Å². The molecular formula is C18H19N5. The van der Waals surface area contributed by atoms with Crippen molar-refractivity contribution < 1.29 is 0 Å². The number of rotatable bonds is 6. The first-order chi connectivity index (χ1) is 11.3. The number of hydrogen-bond acceptors (Lipinski definition) is 5. The second kappa shape index (κ2) is 7.35. The standard InChI is InChI=1S/C18H19N5/c1-14-5-2-3-7-16(14)13-21-17-8-10-20-18(23-17)22-12-15-6-4-9-19-11-15/h2-11H,12-13H2,1H3,(H2,20,21,22,23). The topological polar surface area (TPSA) is 62.7 Å². The van der Waals surface area contributed by atoms with Crippen molar-refractivity contribution in [2.24, 2.45) is 0 Å². The molecule has 5 heteroatoms. The highest BCUT2D eigenvalue weighted by Crippen LogP contribution is 2.11. The van der Waals surface area contributed by atoms with Gasteiger partial charge in [0.05, 0.1) is 0 Å². The molecule has 1 aromatic carbocycles. The minimum absolute atomic E-state index is 0.601. The number of nitrogens with zero attached hydrogens (tertiary/aromatic N) is 3. The molecule has 2 N–H and O–H groups in total. The van der Waals surface area contributed by atoms with Crippen molar-refractivity contribution in [3.05, 3.63) is 77.7 Å². The summed E-state index contributed by atoms with van der Waals surface area (Å²) in [6.07, 6.45) is 5.34. The van der Waals surface area contributed by atoms with Crippen LogP contribution < -0.4 is 10.6 Å². The summed E-state index contributed by atoms with van der Waals surface area (Å²) in [5, 5.41) is 6.55. The number of nitrogens with one attached hydrogen (secondary N) is 2. The zero-order chi connectivity index (χ0) is 15.9. The molecule has 3 aromatic rings. The Morgan fingerprint density at radius 1 is 0.913 bits per heavy atom. The van der Waals surface area contributed by atoms with Gasteiger partial charge in [-0.1, -0.05) is 30.3 Å². The number of pyridine rings is 1. The van der Waals surface area contributed by atoms with E-state index >= 15 is 0 Å². The molecule has 0 spiro atoms. The summed E-state index contributed by atoms with van der Waals surface area (Å²) in [4.78, 5) is 12.8. The van der Waals surface area contributed by atoms with E-state index in [4.69, 9.17) is 0 Å². The van der Waals surface area contributed by atoms with Crippen LogP contribution in [-0.4, -0.2) is 15.0 Å². The number of anilines is 2. The summed E-state index contributed by atoms with van der Waals surface area (Å²) >= 11 is 0. The van der Waals surface area contributed by atoms with Gasteiger partial charge in [0.15, 0.2) is 0 Å². The Bertz CT molecular complexity index is 758. The highest BCUT2D eigenvalue weighted by atomic mass is 15.1. The van der Waals surface area contributed by atoms with E-state index in [0.29, 0.717) is 12.5 Å². The van der Waals surface area contributed by atoms with E-state index < -0.39 is 0 Å². The van der Waals surface area contributed by atoms with Gasteiger partial charge in [0.1, 0.15) is 5.82 Å². The quantitative estimate of drug-likeness (QED) is 0.731. The second-order valence-electron chi connectivity index (χ2n) is 5.26. The Kier molecular flexibility index (Phi) is 4.79. The van der Waals surface area contributed by atoms with Crippen LogP contribution in [0, 0.1) is 6.92 Å². The molecule has 23 heavy (non-hydrogen) atoms. The van der Waals surface area contributed by atoms with E-state index in [1.54, 1.807) is 12.4 Å². The summed E-state index contributed by atoms with van der Waals surface area (Å²) < 4.78 is 0. The number of aromatic nitrogens is 3. The minimum Gasteiger partial charge on any atom is -0.366 e. The Balaban J connectivity index is 1.60. The third-order valence-corrected chi connectivity index (χ3v) is 3.55. The van der Waals surface area contributed by atoms with Gasteiger partial charge in [-0.15, -0.1) is 0 Å². The van der Waals surface area contributed by atoms with E-state index in [9.17, 15) is 0 Å². The SMILES string of the molecule is Cc1ccccc1CNc1ccnc(NCc2cccnc2)n1. The summed E-state index contributed by atoms with van der Waals surface area (Å²) in [5.41, 5.74) is 3.62. The van der Waals surface area contributed by atoms with Crippen LogP contribution in [0.1, 0.15) is 16.7 Å². The predicted octanol–water partition coefficient (Wildman–Crippen LogP) is 3.40. The summed E-state index contributed by atoms with van der Waals surface area (Å²) in [7, 11) is 0. The van der Waals surface area contributed by atoms with E-state index in [1.165, 1.54) is 11.1 Å². The first-order valence-electron chi connectivity index (χ1n) is 7.55. The molecule has 0 aliphatic carbocycles. The van der Waals surface area contributed by atoms with E-state index in [-0.39, 0.29) is 0 Å². The van der Waals surface area contributed by atoms with Gasteiger partial charge in [-0.25, -0.2) is 4.98 Å². The zero-order valence-corrected chi connectivity index (χ0v) is 13.0. The molecule has 0 saturated carbocycles. The first-order valence-corrected chi connectivity index (χ1v) is 7.55. The van der Waals surface area contributed by atoms with Crippen LogP contribution in [-0.2, 0) is 13.1 Å². The molecule has 0 bridgehead atoms. The summed E-state index contributed by atoms with van der Waals surface area (Å²) in [6.45, 7) is 3.50. The van der Waals surface area contributed by atoms with Crippen LogP contribution in [0.15, 0.2) is 61.1 Å². The average molecular weight is 305 g/mol. The molecule has 0 amide bonds. The molecular weight excluding hydrogens is 286 g/mol. The zero-order valence-electron chi connectivity index (χ0n) is 13.0. The van der Waals surface area contributed by atoms with Crippen molar-refractivity contribution in [2.75, 3.05) is 10.6 Å². The Morgan fingerprint density at radius 2 is 1.83 bits per heavy atom. The number of aryl methyl sites for hydroxylation is 1. The highest BCUT2D eigenvalue weighted by molar-refractivity contribution is 5.41. The van der Waals surface area contributed by atoms with Crippen molar-refractivity contribution in [1.29, 1.82) is 0 Å². The maximum Gasteiger partial charge on any atom is 0.224 e. The van der Waals surface area contributed by atoms with Crippen LogP contribution in [0.2, 0.25) is 0 Å². The van der Waals surface area contributed by atoms with Crippen molar-refractivity contribution in [1.82, 2.24) is 15.0 Å². The molecule has 116 valence electrons. The molecule has 0 aliphatic heterocycles. The maximum atomic E-state index is 4.48. The van der Waals surface area contributed by atoms with Gasteiger partial charge in [0.25, 0.3) is 0 Å². The Labute approximate surface area is 135 Å². The maximum absolute atomic E-state index is 4.48. The highest BCUT2D eigenvalue weighted by Gasteiger charge is 2.01. The Hall–Kier alpha value is -2.95. The molecule has 3 rings (SSSR count). The fourth-order valence-electron chi connectivity index (χ4n) is 2.22. The van der Waals surface area contributed by atoms with Crippen LogP contribution in [0.25, 0.3) is 0 Å². The summed E-state index contributed by atoms with van der Waals surface area (Å²) in [6, 6.07) is 14.1. The number of benzene rings is 1. The lowest BCUT2D eigenvalue weighted by Gasteiger charge is -2.10. The smallest absolute Gasteiger partial charge is 0.224 e. The van der Waals surface area contributed by atoms with E-state index in [1.807, 2.05) is 36.5 Å². The first kappa shape index (κ1) is 15.0. The third-order valence-electron chi connectivity index (χ3n) is 3.55. The molecule has 0 aliphatic rings. The largest absolute Gasteiger partial charge is 0.366 e. The molecule has 0 fully saturated rings. The Morgan fingerprint density at radius 3 is 2.65 bits per heavy atom. The lowest BCUT2D eigenvalue weighted by Crippen LogP contribution is -2.07. The molecule has 0 atom stereocenters. The van der Waals surface area contributed by atoms with Crippen LogP contribution in [0.3, 0.4) is 0 Å². The average Bonchev–Trinajstić information content (AvgIpc) is 2.61. The monoisotopic (exact) mass is 305 g/mol. The van der Waals surface area contributed by atoms with Gasteiger partial charge in [0.2, 0.25) is 5.95 Å². The van der Waals surface area contributed by atoms with Gasteiger partial charge >= 0.3 is 0 Å². The fourth-order valence-corrected chi connectivity index (χ4v) is 2.22. The third kappa shape index (κ3) is 4.26. The van der Waals surface area contributed by atoms with Crippen molar-refractivity contribution in [3.63, 3.8) is 0 Å². The fraction of sp³-hybridized carbons (Fsp3) is 0.167. The molecule has 2 aromatic heterocycles. The van der Waals surface area contributed by atoms with Crippen molar-refractivity contribution >= 4 is 11.8 Å². The van der Waals surface area contributed by atoms with Gasteiger partial charge < -0.3 is 10.6 Å². The predicted molar refractivity (Wildman–Crippen MR) is 92.1 cm³/mol. The summed E-state index contributed by atoms with van der Waals surface area (Å²) in [5.74, 6) is 1.40. The normalized spacial score (nSPS) is 10.3. The van der Waals surface area contributed by atoms with Gasteiger partial charge in [-0.3, -0.25) is 4.98 Å². The van der Waals surface area contributed by atoms with Crippen molar-refractivity contribution in [3.8, 4) is 0 Å². The van der Waals surface area contributed by atoms with E-state index in [2.05, 4.69) is 44.6 Å². The molecule has 2 heterocycles. The molecule has 0 unspecified atom stereocenters. The van der Waals surface area contributed by atoms with Gasteiger partial charge in [0, 0.05) is 31.7 Å². The van der Waals surface area contributed by atoms with Gasteiger partial charge in [-0.05, 0) is 35.7 Å². The van der Waals surface area contributed by atoms with E-state index in [0.717, 1.165) is 17.9 Å². The van der Waals surface area contributed by atoms with Crippen molar-refractivity contribution in [2.45, 2.75) is 20.0 Å². The number of hydrogen-bond donors (Lipinski definition) is 2. The van der Waals surface area contributed by atoms with Crippen LogP contribution >= 0.6 is 0 Å². The molecule has 0 saturated heterocycles. The van der Waals surface area contributed by atoms with Crippen LogP contribution in [0.4, 0.5) is 11.8 Å².